The molecule has 0 aliphatic heterocycles. The van der Waals surface area contributed by atoms with E-state index in [9.17, 15) is 13.2 Å². The third-order valence-electron chi connectivity index (χ3n) is 4.34. The van der Waals surface area contributed by atoms with Crippen molar-refractivity contribution < 1.29 is 13.2 Å². The number of hydrogen-bond donors (Lipinski definition) is 1. The number of nitrogens with one attached hydrogen (secondary N) is 1. The molecule has 1 aromatic heterocycles. The number of hydrogen-bond acceptors (Lipinski definition) is 5. The molecular formula is C19H22N4O4S. The minimum absolute atomic E-state index is 0.0508. The van der Waals surface area contributed by atoms with Crippen LogP contribution in [0.2, 0.25) is 0 Å². The molecular weight excluding hydrogens is 380 g/mol. The van der Waals surface area contributed by atoms with Gasteiger partial charge in [0.05, 0.1) is 18.6 Å². The summed E-state index contributed by atoms with van der Waals surface area (Å²) >= 11 is 0. The predicted octanol–water partition coefficient (Wildman–Crippen LogP) is 1.54. The number of aromatic nitrogens is 3. The predicted molar refractivity (Wildman–Crippen MR) is 106 cm³/mol. The van der Waals surface area contributed by atoms with E-state index in [0.717, 1.165) is 11.1 Å². The van der Waals surface area contributed by atoms with Crippen molar-refractivity contribution in [3.05, 3.63) is 64.6 Å². The Morgan fingerprint density at radius 3 is 2.32 bits per heavy atom. The Morgan fingerprint density at radius 2 is 1.71 bits per heavy atom. The van der Waals surface area contributed by atoms with Gasteiger partial charge < -0.3 is 4.74 Å². The molecule has 0 aliphatic rings. The maximum absolute atomic E-state index is 12.4. The molecule has 0 radical (unpaired) electrons. The van der Waals surface area contributed by atoms with Crippen molar-refractivity contribution in [2.24, 2.45) is 7.05 Å². The second kappa shape index (κ2) is 7.99. The number of rotatable bonds is 7. The van der Waals surface area contributed by atoms with Crippen molar-refractivity contribution in [3.8, 4) is 17.1 Å². The van der Waals surface area contributed by atoms with Gasteiger partial charge in [-0.15, -0.1) is 5.10 Å². The highest BCUT2D eigenvalue weighted by Gasteiger charge is 2.15. The molecule has 0 bridgehead atoms. The van der Waals surface area contributed by atoms with Crippen LogP contribution < -0.4 is 15.1 Å². The van der Waals surface area contributed by atoms with Gasteiger partial charge in [-0.25, -0.2) is 22.6 Å². The molecule has 8 nitrogen and oxygen atoms in total. The molecule has 1 N–H and O–H groups in total. The van der Waals surface area contributed by atoms with Crippen LogP contribution in [0.15, 0.2) is 58.2 Å². The van der Waals surface area contributed by atoms with Crippen LogP contribution in [0, 0.1) is 6.92 Å². The standard InChI is InChI=1S/C19H22N4O4S/c1-14-4-10-17(11-5-14)28(25,26)20-12-13-23-19(24)22(2)18(21-23)15-6-8-16(27-3)9-7-15/h4-11,20H,12-13H2,1-3H3. The van der Waals surface area contributed by atoms with Crippen molar-refractivity contribution in [1.82, 2.24) is 19.1 Å². The van der Waals surface area contributed by atoms with Crippen molar-refractivity contribution in [2.45, 2.75) is 18.4 Å². The number of methoxy groups -OCH3 is 1. The SMILES string of the molecule is COc1ccc(-c2nn(CCNS(=O)(=O)c3ccc(C)cc3)c(=O)n2C)cc1. The molecule has 28 heavy (non-hydrogen) atoms. The molecule has 0 amide bonds. The lowest BCUT2D eigenvalue weighted by atomic mass is 10.2. The monoisotopic (exact) mass is 402 g/mol. The van der Waals surface area contributed by atoms with Gasteiger partial charge in [0.15, 0.2) is 5.82 Å². The van der Waals surface area contributed by atoms with Gasteiger partial charge in [-0.3, -0.25) is 4.57 Å². The molecule has 3 rings (SSSR count). The largest absolute Gasteiger partial charge is 0.497 e. The normalized spacial score (nSPS) is 11.5. The molecule has 1 heterocycles. The second-order valence-electron chi connectivity index (χ2n) is 6.33. The first-order valence-electron chi connectivity index (χ1n) is 8.66. The Labute approximate surface area is 163 Å². The fraction of sp³-hybridized carbons (Fsp3) is 0.263. The lowest BCUT2D eigenvalue weighted by Crippen LogP contribution is -2.31. The molecule has 148 valence electrons. The minimum Gasteiger partial charge on any atom is -0.497 e. The Bertz CT molecular complexity index is 1110. The van der Waals surface area contributed by atoms with Gasteiger partial charge >= 0.3 is 5.69 Å². The maximum atomic E-state index is 12.4. The first-order valence-corrected chi connectivity index (χ1v) is 10.1. The molecule has 0 saturated carbocycles. The second-order valence-corrected chi connectivity index (χ2v) is 8.09. The van der Waals surface area contributed by atoms with Gasteiger partial charge in [0.25, 0.3) is 0 Å². The van der Waals surface area contributed by atoms with Crippen molar-refractivity contribution in [2.75, 3.05) is 13.7 Å². The summed E-state index contributed by atoms with van der Waals surface area (Å²) in [5, 5.41) is 4.33. The van der Waals surface area contributed by atoms with E-state index < -0.39 is 10.0 Å². The van der Waals surface area contributed by atoms with Crippen molar-refractivity contribution >= 4 is 10.0 Å². The summed E-state index contributed by atoms with van der Waals surface area (Å²) < 4.78 is 35.0. The molecule has 9 heteroatoms. The van der Waals surface area contributed by atoms with Crippen LogP contribution in [0.1, 0.15) is 5.56 Å². The van der Waals surface area contributed by atoms with Crippen LogP contribution in [-0.4, -0.2) is 36.4 Å². The lowest BCUT2D eigenvalue weighted by Gasteiger charge is -2.06. The number of sulfonamides is 1. The van der Waals surface area contributed by atoms with E-state index in [4.69, 9.17) is 4.74 Å². The Morgan fingerprint density at radius 1 is 1.07 bits per heavy atom. The quantitative estimate of drug-likeness (QED) is 0.647. The van der Waals surface area contributed by atoms with Crippen LogP contribution in [0.3, 0.4) is 0 Å². The molecule has 0 saturated heterocycles. The fourth-order valence-corrected chi connectivity index (χ4v) is 3.73. The molecule has 3 aromatic rings. The number of nitrogens with zero attached hydrogens (tertiary/aromatic N) is 3. The summed E-state index contributed by atoms with van der Waals surface area (Å²) in [6.07, 6.45) is 0. The number of benzene rings is 2. The van der Waals surface area contributed by atoms with E-state index >= 15 is 0 Å². The highest BCUT2D eigenvalue weighted by Crippen LogP contribution is 2.19. The lowest BCUT2D eigenvalue weighted by molar-refractivity contribution is 0.415. The van der Waals surface area contributed by atoms with Gasteiger partial charge in [0.1, 0.15) is 5.75 Å². The zero-order chi connectivity index (χ0) is 20.3. The van der Waals surface area contributed by atoms with Gasteiger partial charge in [-0.05, 0) is 43.3 Å². The van der Waals surface area contributed by atoms with Crippen LogP contribution >= 0.6 is 0 Å². The summed E-state index contributed by atoms with van der Waals surface area (Å²) in [6.45, 7) is 2.06. The van der Waals surface area contributed by atoms with E-state index in [1.807, 2.05) is 19.1 Å². The Balaban J connectivity index is 1.73. The molecule has 2 aromatic carbocycles. The zero-order valence-electron chi connectivity index (χ0n) is 15.9. The molecule has 0 atom stereocenters. The smallest absolute Gasteiger partial charge is 0.345 e. The molecule has 0 unspecified atom stereocenters. The Kier molecular flexibility index (Phi) is 5.66. The van der Waals surface area contributed by atoms with Gasteiger partial charge in [0.2, 0.25) is 10.0 Å². The maximum Gasteiger partial charge on any atom is 0.345 e. The Hall–Kier alpha value is -2.91. The summed E-state index contributed by atoms with van der Waals surface area (Å²) in [7, 11) is -0.430. The summed E-state index contributed by atoms with van der Waals surface area (Å²) in [5.74, 6) is 1.20. The van der Waals surface area contributed by atoms with Crippen LogP contribution in [0.5, 0.6) is 5.75 Å². The van der Waals surface area contributed by atoms with Gasteiger partial charge in [0, 0.05) is 19.2 Å². The third-order valence-corrected chi connectivity index (χ3v) is 5.81. The highest BCUT2D eigenvalue weighted by molar-refractivity contribution is 7.89. The molecule has 0 fully saturated rings. The summed E-state index contributed by atoms with van der Waals surface area (Å²) in [4.78, 5) is 12.6. The highest BCUT2D eigenvalue weighted by atomic mass is 32.2. The molecule has 0 spiro atoms. The van der Waals surface area contributed by atoms with E-state index in [1.165, 1.54) is 9.25 Å². The van der Waals surface area contributed by atoms with Crippen molar-refractivity contribution in [3.63, 3.8) is 0 Å². The topological polar surface area (TPSA) is 95.2 Å². The van der Waals surface area contributed by atoms with Crippen LogP contribution in [-0.2, 0) is 23.6 Å². The van der Waals surface area contributed by atoms with Crippen LogP contribution in [0.4, 0.5) is 0 Å². The number of ether oxygens (including phenoxy) is 1. The average Bonchev–Trinajstić information content (AvgIpc) is 2.97. The van der Waals surface area contributed by atoms with Gasteiger partial charge in [-0.2, -0.15) is 0 Å². The third kappa shape index (κ3) is 4.15. The molecule has 0 aliphatic carbocycles. The van der Waals surface area contributed by atoms with Crippen molar-refractivity contribution in [1.29, 1.82) is 0 Å². The first-order chi connectivity index (χ1) is 13.3. The number of aryl methyl sites for hydroxylation is 1. The van der Waals surface area contributed by atoms with Crippen LogP contribution in [0.25, 0.3) is 11.4 Å². The van der Waals surface area contributed by atoms with E-state index in [2.05, 4.69) is 9.82 Å². The minimum atomic E-state index is -3.64. The fourth-order valence-electron chi connectivity index (χ4n) is 2.71. The van der Waals surface area contributed by atoms with E-state index in [1.54, 1.807) is 50.6 Å². The average molecular weight is 402 g/mol. The van der Waals surface area contributed by atoms with E-state index in [0.29, 0.717) is 11.6 Å². The summed E-state index contributed by atoms with van der Waals surface area (Å²) in [5.41, 5.74) is 1.42. The zero-order valence-corrected chi connectivity index (χ0v) is 16.7. The van der Waals surface area contributed by atoms with E-state index in [-0.39, 0.29) is 23.7 Å². The van der Waals surface area contributed by atoms with Gasteiger partial charge in [-0.1, -0.05) is 17.7 Å². The summed E-state index contributed by atoms with van der Waals surface area (Å²) in [6, 6.07) is 13.8. The first kappa shape index (κ1) is 19.8.